The summed E-state index contributed by atoms with van der Waals surface area (Å²) in [4.78, 5) is 31.0. The number of hydrogen-bond donors (Lipinski definition) is 2. The summed E-state index contributed by atoms with van der Waals surface area (Å²) in [7, 11) is 0. The highest BCUT2D eigenvalue weighted by Crippen LogP contribution is 2.26. The van der Waals surface area contributed by atoms with E-state index in [0.717, 1.165) is 48.2 Å². The fourth-order valence-corrected chi connectivity index (χ4v) is 3.65. The number of anilines is 2. The minimum atomic E-state index is -0.637. The molecule has 2 heterocycles. The van der Waals surface area contributed by atoms with Crippen LogP contribution in [0.5, 0.6) is 0 Å². The van der Waals surface area contributed by atoms with Gasteiger partial charge in [0.2, 0.25) is 0 Å². The van der Waals surface area contributed by atoms with Crippen molar-refractivity contribution in [2.24, 2.45) is 5.92 Å². The normalized spacial score (nSPS) is 14.7. The number of aryl methyl sites for hydroxylation is 2. The fraction of sp³-hybridized carbons (Fsp3) is 0.348. The second kappa shape index (κ2) is 8.57. The number of oxazole rings is 1. The highest BCUT2D eigenvalue weighted by Gasteiger charge is 2.24. The van der Waals surface area contributed by atoms with Crippen molar-refractivity contribution in [2.75, 3.05) is 29.9 Å². The molecule has 156 valence electrons. The van der Waals surface area contributed by atoms with Crippen LogP contribution in [0, 0.1) is 19.8 Å². The summed E-state index contributed by atoms with van der Waals surface area (Å²) >= 11 is 0. The number of hydrogen-bond acceptors (Lipinski definition) is 5. The van der Waals surface area contributed by atoms with E-state index < -0.39 is 11.8 Å². The maximum Gasteiger partial charge on any atom is 0.313 e. The second-order valence-electron chi connectivity index (χ2n) is 7.86. The van der Waals surface area contributed by atoms with Gasteiger partial charge in [-0.05, 0) is 68.0 Å². The van der Waals surface area contributed by atoms with Crippen LogP contribution in [0.3, 0.4) is 0 Å². The van der Waals surface area contributed by atoms with E-state index in [0.29, 0.717) is 24.2 Å². The molecule has 0 spiro atoms. The summed E-state index contributed by atoms with van der Waals surface area (Å²) in [6.07, 6.45) is 1.80. The lowest BCUT2D eigenvalue weighted by Crippen LogP contribution is -2.42. The van der Waals surface area contributed by atoms with Crippen molar-refractivity contribution in [1.82, 2.24) is 10.3 Å². The molecular weight excluding hydrogens is 380 g/mol. The molecule has 30 heavy (non-hydrogen) atoms. The largest absolute Gasteiger partial charge is 0.423 e. The third-order valence-corrected chi connectivity index (χ3v) is 5.69. The van der Waals surface area contributed by atoms with Crippen LogP contribution < -0.4 is 15.5 Å². The maximum absolute atomic E-state index is 12.2. The zero-order valence-electron chi connectivity index (χ0n) is 17.3. The topological polar surface area (TPSA) is 87.5 Å². The standard InChI is InChI=1S/C23H26N4O3/c1-15-7-8-18(13-16(15)2)25-22(29)21(28)24-14-17-9-11-27(12-10-17)23-26-19-5-3-4-6-20(19)30-23/h3-8,13,17H,9-12,14H2,1-2H3,(H,24,28)(H,25,29). The summed E-state index contributed by atoms with van der Waals surface area (Å²) in [6, 6.07) is 14.0. The lowest BCUT2D eigenvalue weighted by Gasteiger charge is -2.30. The third-order valence-electron chi connectivity index (χ3n) is 5.69. The summed E-state index contributed by atoms with van der Waals surface area (Å²) in [6.45, 7) is 6.08. The smallest absolute Gasteiger partial charge is 0.313 e. The first-order chi connectivity index (χ1) is 14.5. The van der Waals surface area contributed by atoms with Gasteiger partial charge in [-0.1, -0.05) is 18.2 Å². The van der Waals surface area contributed by atoms with Gasteiger partial charge in [0.25, 0.3) is 6.01 Å². The van der Waals surface area contributed by atoms with Gasteiger partial charge in [-0.25, -0.2) is 0 Å². The average Bonchev–Trinajstić information content (AvgIpc) is 3.19. The number of carbonyl (C=O) groups is 2. The molecule has 1 aromatic heterocycles. The molecule has 0 radical (unpaired) electrons. The van der Waals surface area contributed by atoms with E-state index in [1.165, 1.54) is 0 Å². The van der Waals surface area contributed by atoms with Crippen LogP contribution in [0.2, 0.25) is 0 Å². The SMILES string of the molecule is Cc1ccc(NC(=O)C(=O)NCC2CCN(c3nc4ccccc4o3)CC2)cc1C. The van der Waals surface area contributed by atoms with Gasteiger partial charge in [0, 0.05) is 25.3 Å². The number of fused-ring (bicyclic) bond motifs is 1. The van der Waals surface area contributed by atoms with Crippen molar-refractivity contribution < 1.29 is 14.0 Å². The molecule has 2 amide bonds. The van der Waals surface area contributed by atoms with Crippen LogP contribution in [0.1, 0.15) is 24.0 Å². The summed E-state index contributed by atoms with van der Waals surface area (Å²) in [5.41, 5.74) is 4.48. The predicted molar refractivity (Wildman–Crippen MR) is 117 cm³/mol. The summed E-state index contributed by atoms with van der Waals surface area (Å²) in [5, 5.41) is 5.42. The van der Waals surface area contributed by atoms with E-state index in [4.69, 9.17) is 4.42 Å². The van der Waals surface area contributed by atoms with Crippen LogP contribution in [0.25, 0.3) is 11.1 Å². The Morgan fingerprint density at radius 1 is 1.07 bits per heavy atom. The quantitative estimate of drug-likeness (QED) is 0.649. The molecule has 1 aliphatic heterocycles. The van der Waals surface area contributed by atoms with Gasteiger partial charge in [0.1, 0.15) is 5.52 Å². The number of para-hydroxylation sites is 2. The van der Waals surface area contributed by atoms with Crippen molar-refractivity contribution in [3.05, 3.63) is 53.6 Å². The zero-order chi connectivity index (χ0) is 21.1. The molecule has 1 fully saturated rings. The molecule has 7 heteroatoms. The average molecular weight is 406 g/mol. The van der Waals surface area contributed by atoms with Gasteiger partial charge >= 0.3 is 11.8 Å². The van der Waals surface area contributed by atoms with Crippen LogP contribution >= 0.6 is 0 Å². The Morgan fingerprint density at radius 3 is 2.57 bits per heavy atom. The minimum Gasteiger partial charge on any atom is -0.423 e. The van der Waals surface area contributed by atoms with Gasteiger partial charge < -0.3 is 20.0 Å². The highest BCUT2D eigenvalue weighted by molar-refractivity contribution is 6.39. The number of nitrogens with one attached hydrogen (secondary N) is 2. The van der Waals surface area contributed by atoms with Crippen LogP contribution in [-0.4, -0.2) is 36.4 Å². The molecule has 1 saturated heterocycles. The maximum atomic E-state index is 12.2. The van der Waals surface area contributed by atoms with Gasteiger partial charge in [0.05, 0.1) is 0 Å². The Hall–Kier alpha value is -3.35. The van der Waals surface area contributed by atoms with Gasteiger partial charge in [-0.2, -0.15) is 4.98 Å². The van der Waals surface area contributed by atoms with E-state index in [1.54, 1.807) is 6.07 Å². The molecular formula is C23H26N4O3. The highest BCUT2D eigenvalue weighted by atomic mass is 16.4. The third kappa shape index (κ3) is 4.45. The van der Waals surface area contributed by atoms with Gasteiger partial charge in [-0.3, -0.25) is 9.59 Å². The number of benzene rings is 2. The number of rotatable bonds is 4. The number of amides is 2. The minimum absolute atomic E-state index is 0.323. The molecule has 2 aromatic carbocycles. The van der Waals surface area contributed by atoms with E-state index in [2.05, 4.69) is 20.5 Å². The predicted octanol–water partition coefficient (Wildman–Crippen LogP) is 3.42. The monoisotopic (exact) mass is 406 g/mol. The van der Waals surface area contributed by atoms with Crippen molar-refractivity contribution >= 4 is 34.6 Å². The summed E-state index contributed by atoms with van der Waals surface area (Å²) < 4.78 is 5.84. The molecule has 7 nitrogen and oxygen atoms in total. The molecule has 2 N–H and O–H groups in total. The van der Waals surface area contributed by atoms with Crippen LogP contribution in [-0.2, 0) is 9.59 Å². The lowest BCUT2D eigenvalue weighted by atomic mass is 9.97. The van der Waals surface area contributed by atoms with Crippen LogP contribution in [0.15, 0.2) is 46.9 Å². The Kier molecular flexibility index (Phi) is 5.70. The zero-order valence-corrected chi connectivity index (χ0v) is 17.3. The first-order valence-electron chi connectivity index (χ1n) is 10.3. The number of piperidine rings is 1. The summed E-state index contributed by atoms with van der Waals surface area (Å²) in [5.74, 6) is -0.916. The first kappa shape index (κ1) is 19.9. The Balaban J connectivity index is 1.24. The Bertz CT molecular complexity index is 1030. The van der Waals surface area contributed by atoms with Gasteiger partial charge in [0.15, 0.2) is 5.58 Å². The van der Waals surface area contributed by atoms with Crippen molar-refractivity contribution in [1.29, 1.82) is 0 Å². The van der Waals surface area contributed by atoms with E-state index in [9.17, 15) is 9.59 Å². The number of carbonyl (C=O) groups excluding carboxylic acids is 2. The Labute approximate surface area is 175 Å². The molecule has 0 aliphatic carbocycles. The van der Waals surface area contributed by atoms with E-state index in [-0.39, 0.29) is 0 Å². The van der Waals surface area contributed by atoms with E-state index >= 15 is 0 Å². The molecule has 0 unspecified atom stereocenters. The van der Waals surface area contributed by atoms with Crippen LogP contribution in [0.4, 0.5) is 11.7 Å². The van der Waals surface area contributed by atoms with Crippen molar-refractivity contribution in [3.63, 3.8) is 0 Å². The molecule has 4 rings (SSSR count). The van der Waals surface area contributed by atoms with Crippen molar-refractivity contribution in [3.8, 4) is 0 Å². The Morgan fingerprint density at radius 2 is 1.83 bits per heavy atom. The lowest BCUT2D eigenvalue weighted by molar-refractivity contribution is -0.136. The molecule has 0 bridgehead atoms. The van der Waals surface area contributed by atoms with E-state index in [1.807, 2.05) is 50.2 Å². The molecule has 0 atom stereocenters. The molecule has 3 aromatic rings. The number of aromatic nitrogens is 1. The molecule has 1 aliphatic rings. The van der Waals surface area contributed by atoms with Gasteiger partial charge in [-0.15, -0.1) is 0 Å². The second-order valence-corrected chi connectivity index (χ2v) is 7.86. The first-order valence-corrected chi connectivity index (χ1v) is 10.3. The molecule has 0 saturated carbocycles. The number of nitrogens with zero attached hydrogens (tertiary/aromatic N) is 2. The fourth-order valence-electron chi connectivity index (χ4n) is 3.65. The van der Waals surface area contributed by atoms with Crippen molar-refractivity contribution in [2.45, 2.75) is 26.7 Å².